The lowest BCUT2D eigenvalue weighted by molar-refractivity contribution is 0.102. The van der Waals surface area contributed by atoms with Gasteiger partial charge < -0.3 is 10.1 Å². The fourth-order valence-corrected chi connectivity index (χ4v) is 3.20. The third-order valence-electron chi connectivity index (χ3n) is 3.52. The van der Waals surface area contributed by atoms with Crippen LogP contribution >= 0.6 is 0 Å². The number of anilines is 1. The Morgan fingerprint density at radius 1 is 1.20 bits per heavy atom. The van der Waals surface area contributed by atoms with E-state index in [2.05, 4.69) is 15.0 Å². The SMILES string of the molecule is COCCNS(=O)(=O)c1ccc(C)c(C(=O)Nc2cc(C)ccn2)c1. The van der Waals surface area contributed by atoms with Crippen LogP contribution in [-0.2, 0) is 14.8 Å². The van der Waals surface area contributed by atoms with Crippen LogP contribution in [-0.4, -0.2) is 39.6 Å². The van der Waals surface area contributed by atoms with Gasteiger partial charge in [0.25, 0.3) is 5.91 Å². The summed E-state index contributed by atoms with van der Waals surface area (Å²) in [6.45, 7) is 4.05. The van der Waals surface area contributed by atoms with Gasteiger partial charge >= 0.3 is 0 Å². The van der Waals surface area contributed by atoms with Crippen LogP contribution in [0.5, 0.6) is 0 Å². The van der Waals surface area contributed by atoms with Crippen molar-refractivity contribution in [3.05, 3.63) is 53.2 Å². The first-order chi connectivity index (χ1) is 11.8. The number of nitrogens with zero attached hydrogens (tertiary/aromatic N) is 1. The molecule has 0 bridgehead atoms. The Hall–Kier alpha value is -2.29. The van der Waals surface area contributed by atoms with E-state index in [1.165, 1.54) is 19.2 Å². The Bertz CT molecular complexity index is 866. The van der Waals surface area contributed by atoms with Crippen molar-refractivity contribution in [1.29, 1.82) is 0 Å². The summed E-state index contributed by atoms with van der Waals surface area (Å²) in [5.74, 6) is 0.000390. The molecule has 0 radical (unpaired) electrons. The average Bonchev–Trinajstić information content (AvgIpc) is 2.55. The topological polar surface area (TPSA) is 97.4 Å². The van der Waals surface area contributed by atoms with Crippen molar-refractivity contribution in [1.82, 2.24) is 9.71 Å². The third-order valence-corrected chi connectivity index (χ3v) is 4.98. The summed E-state index contributed by atoms with van der Waals surface area (Å²) in [6, 6.07) is 7.98. The van der Waals surface area contributed by atoms with Crippen LogP contribution in [0.1, 0.15) is 21.5 Å². The molecule has 0 aliphatic heterocycles. The molecule has 2 aromatic rings. The molecule has 0 unspecified atom stereocenters. The molecule has 1 heterocycles. The number of carbonyl (C=O) groups excluding carboxylic acids is 1. The Kier molecular flexibility index (Phi) is 6.24. The second-order valence-electron chi connectivity index (χ2n) is 5.54. The molecular formula is C17H21N3O4S. The molecule has 25 heavy (non-hydrogen) atoms. The van der Waals surface area contributed by atoms with Crippen molar-refractivity contribution in [2.45, 2.75) is 18.7 Å². The highest BCUT2D eigenvalue weighted by molar-refractivity contribution is 7.89. The number of ether oxygens (including phenoxy) is 1. The third kappa shape index (κ3) is 5.09. The van der Waals surface area contributed by atoms with Gasteiger partial charge in [-0.05, 0) is 49.2 Å². The maximum absolute atomic E-state index is 12.5. The van der Waals surface area contributed by atoms with Gasteiger partial charge in [0.1, 0.15) is 5.82 Å². The minimum absolute atomic E-state index is 0.0246. The first kappa shape index (κ1) is 19.0. The van der Waals surface area contributed by atoms with E-state index >= 15 is 0 Å². The van der Waals surface area contributed by atoms with Crippen LogP contribution in [0.3, 0.4) is 0 Å². The van der Waals surface area contributed by atoms with Gasteiger partial charge in [0.05, 0.1) is 11.5 Å². The molecule has 0 saturated carbocycles. The van der Waals surface area contributed by atoms with Gasteiger partial charge in [-0.3, -0.25) is 4.79 Å². The van der Waals surface area contributed by atoms with Crippen molar-refractivity contribution in [2.75, 3.05) is 25.6 Å². The van der Waals surface area contributed by atoms with Crippen LogP contribution in [0.2, 0.25) is 0 Å². The number of sulfonamides is 1. The molecule has 0 fully saturated rings. The van der Waals surface area contributed by atoms with Crippen LogP contribution < -0.4 is 10.0 Å². The molecule has 0 atom stereocenters. The van der Waals surface area contributed by atoms with Crippen LogP contribution in [0.4, 0.5) is 5.82 Å². The molecule has 1 amide bonds. The van der Waals surface area contributed by atoms with Crippen LogP contribution in [0.15, 0.2) is 41.4 Å². The second-order valence-corrected chi connectivity index (χ2v) is 7.31. The van der Waals surface area contributed by atoms with Gasteiger partial charge in [-0.15, -0.1) is 0 Å². The molecule has 0 aliphatic carbocycles. The minimum Gasteiger partial charge on any atom is -0.383 e. The molecule has 0 saturated heterocycles. The zero-order valence-electron chi connectivity index (χ0n) is 14.4. The lowest BCUT2D eigenvalue weighted by Crippen LogP contribution is -2.27. The number of carbonyl (C=O) groups is 1. The molecule has 2 N–H and O–H groups in total. The molecular weight excluding hydrogens is 342 g/mol. The highest BCUT2D eigenvalue weighted by Gasteiger charge is 2.18. The van der Waals surface area contributed by atoms with Crippen molar-refractivity contribution >= 4 is 21.7 Å². The number of aromatic nitrogens is 1. The Morgan fingerprint density at radius 2 is 1.96 bits per heavy atom. The van der Waals surface area contributed by atoms with E-state index in [-0.39, 0.29) is 23.6 Å². The Morgan fingerprint density at radius 3 is 2.64 bits per heavy atom. The summed E-state index contributed by atoms with van der Waals surface area (Å²) in [5, 5.41) is 2.69. The van der Waals surface area contributed by atoms with Gasteiger partial charge in [0, 0.05) is 25.4 Å². The first-order valence-electron chi connectivity index (χ1n) is 7.67. The number of hydrogen-bond acceptors (Lipinski definition) is 5. The van der Waals surface area contributed by atoms with Crippen molar-refractivity contribution in [3.63, 3.8) is 0 Å². The van der Waals surface area contributed by atoms with E-state index in [9.17, 15) is 13.2 Å². The lowest BCUT2D eigenvalue weighted by atomic mass is 10.1. The smallest absolute Gasteiger partial charge is 0.257 e. The van der Waals surface area contributed by atoms with Gasteiger partial charge in [0.2, 0.25) is 10.0 Å². The molecule has 0 aliphatic rings. The summed E-state index contributed by atoms with van der Waals surface area (Å²) in [7, 11) is -2.22. The first-order valence-corrected chi connectivity index (χ1v) is 9.15. The number of rotatable bonds is 7. The van der Waals surface area contributed by atoms with E-state index in [1.54, 1.807) is 25.3 Å². The summed E-state index contributed by atoms with van der Waals surface area (Å²) in [6.07, 6.45) is 1.60. The summed E-state index contributed by atoms with van der Waals surface area (Å²) in [4.78, 5) is 16.6. The number of benzene rings is 1. The van der Waals surface area contributed by atoms with Gasteiger partial charge in [0.15, 0.2) is 0 Å². The number of hydrogen-bond donors (Lipinski definition) is 2. The average molecular weight is 363 g/mol. The zero-order chi connectivity index (χ0) is 18.4. The van der Waals surface area contributed by atoms with Crippen LogP contribution in [0.25, 0.3) is 0 Å². The normalized spacial score (nSPS) is 11.3. The molecule has 8 heteroatoms. The Balaban J connectivity index is 2.25. The molecule has 7 nitrogen and oxygen atoms in total. The lowest BCUT2D eigenvalue weighted by Gasteiger charge is -2.11. The quantitative estimate of drug-likeness (QED) is 0.732. The molecule has 1 aromatic heterocycles. The molecule has 134 valence electrons. The predicted octanol–water partition coefficient (Wildman–Crippen LogP) is 1.88. The van der Waals surface area contributed by atoms with Gasteiger partial charge in [-0.25, -0.2) is 18.1 Å². The number of amides is 1. The van der Waals surface area contributed by atoms with E-state index in [0.717, 1.165) is 5.56 Å². The predicted molar refractivity (Wildman–Crippen MR) is 95.2 cm³/mol. The number of methoxy groups -OCH3 is 1. The number of aryl methyl sites for hydroxylation is 2. The van der Waals surface area contributed by atoms with E-state index in [1.807, 2.05) is 13.0 Å². The standard InChI is InChI=1S/C17H21N3O4S/c1-12-6-7-18-16(10-12)20-17(21)15-11-14(5-4-13(15)2)25(22,23)19-8-9-24-3/h4-7,10-11,19H,8-9H2,1-3H3,(H,18,20,21). The van der Waals surface area contributed by atoms with Gasteiger partial charge in [-0.2, -0.15) is 0 Å². The zero-order valence-corrected chi connectivity index (χ0v) is 15.2. The summed E-state index contributed by atoms with van der Waals surface area (Å²) >= 11 is 0. The van der Waals surface area contributed by atoms with E-state index in [4.69, 9.17) is 4.74 Å². The highest BCUT2D eigenvalue weighted by atomic mass is 32.2. The van der Waals surface area contributed by atoms with E-state index < -0.39 is 15.9 Å². The maximum atomic E-state index is 12.5. The fourth-order valence-electron chi connectivity index (χ4n) is 2.16. The fraction of sp³-hybridized carbons (Fsp3) is 0.294. The van der Waals surface area contributed by atoms with Crippen LogP contribution in [0, 0.1) is 13.8 Å². The van der Waals surface area contributed by atoms with E-state index in [0.29, 0.717) is 11.4 Å². The van der Waals surface area contributed by atoms with Crippen molar-refractivity contribution in [3.8, 4) is 0 Å². The molecule has 2 rings (SSSR count). The Labute approximate surface area is 147 Å². The molecule has 1 aromatic carbocycles. The maximum Gasteiger partial charge on any atom is 0.257 e. The monoisotopic (exact) mass is 363 g/mol. The van der Waals surface area contributed by atoms with Crippen molar-refractivity contribution < 1.29 is 17.9 Å². The highest BCUT2D eigenvalue weighted by Crippen LogP contribution is 2.17. The number of nitrogens with one attached hydrogen (secondary N) is 2. The van der Waals surface area contributed by atoms with Crippen molar-refractivity contribution in [2.24, 2.45) is 0 Å². The number of pyridine rings is 1. The van der Waals surface area contributed by atoms with Gasteiger partial charge in [-0.1, -0.05) is 6.07 Å². The summed E-state index contributed by atoms with van der Waals surface area (Å²) < 4.78 is 31.8. The summed E-state index contributed by atoms with van der Waals surface area (Å²) in [5.41, 5.74) is 1.90. The molecule has 0 spiro atoms. The minimum atomic E-state index is -3.71. The largest absolute Gasteiger partial charge is 0.383 e. The second kappa shape index (κ2) is 8.19.